The van der Waals surface area contributed by atoms with Crippen molar-refractivity contribution in [3.63, 3.8) is 0 Å². The van der Waals surface area contributed by atoms with Crippen molar-refractivity contribution >= 4 is 70.1 Å². The van der Waals surface area contributed by atoms with Gasteiger partial charge in [-0.3, -0.25) is 9.69 Å². The molecular formula is C41H48Cl4N4O7. The fourth-order valence-electron chi connectivity index (χ4n) is 7.02. The van der Waals surface area contributed by atoms with Gasteiger partial charge in [0.2, 0.25) is 5.89 Å². The summed E-state index contributed by atoms with van der Waals surface area (Å²) in [5.74, 6) is 0.382. The van der Waals surface area contributed by atoms with E-state index in [0.29, 0.717) is 67.7 Å². The first-order valence-corrected chi connectivity index (χ1v) is 20.3. The Labute approximate surface area is 348 Å². The highest BCUT2D eigenvalue weighted by atomic mass is 35.5. The number of halogens is 4. The summed E-state index contributed by atoms with van der Waals surface area (Å²) >= 11 is 25.8. The van der Waals surface area contributed by atoms with Crippen LogP contribution in [0.2, 0.25) is 20.1 Å². The van der Waals surface area contributed by atoms with E-state index in [4.69, 9.17) is 70.0 Å². The fraction of sp³-hybridized carbons (Fsp3) is 0.512. The van der Waals surface area contributed by atoms with Crippen LogP contribution in [0.4, 0.5) is 9.59 Å². The average Bonchev–Trinajstić information content (AvgIpc) is 3.82. The van der Waals surface area contributed by atoms with E-state index >= 15 is 4.79 Å². The molecule has 1 saturated carbocycles. The van der Waals surface area contributed by atoms with E-state index in [1.54, 1.807) is 86.8 Å². The third-order valence-electron chi connectivity index (χ3n) is 9.54. The van der Waals surface area contributed by atoms with Gasteiger partial charge in [0, 0.05) is 37.7 Å². The van der Waals surface area contributed by atoms with Crippen molar-refractivity contribution in [2.24, 2.45) is 0 Å². The molecule has 2 bridgehead atoms. The minimum absolute atomic E-state index is 0.0132. The summed E-state index contributed by atoms with van der Waals surface area (Å²) in [7, 11) is 0. The van der Waals surface area contributed by atoms with Gasteiger partial charge in [-0.25, -0.2) is 14.6 Å². The summed E-state index contributed by atoms with van der Waals surface area (Å²) in [6.07, 6.45) is 3.29. The third-order valence-corrected chi connectivity index (χ3v) is 11.0. The van der Waals surface area contributed by atoms with E-state index in [1.165, 1.54) is 0 Å². The molecular weight excluding hydrogens is 802 g/mol. The van der Waals surface area contributed by atoms with Crippen molar-refractivity contribution in [1.29, 1.82) is 0 Å². The fourth-order valence-corrected chi connectivity index (χ4v) is 8.11. The Hall–Kier alpha value is -3.64. The van der Waals surface area contributed by atoms with Gasteiger partial charge >= 0.3 is 12.2 Å². The molecule has 0 radical (unpaired) electrons. The maximum atomic E-state index is 15.2. The molecule has 2 fully saturated rings. The number of ether oxygens (including phenoxy) is 3. The number of hydrogen-bond donors (Lipinski definition) is 0. The maximum Gasteiger partial charge on any atom is 0.411 e. The molecule has 2 aromatic carbocycles. The molecule has 15 heteroatoms. The molecule has 0 spiro atoms. The third kappa shape index (κ3) is 9.89. The van der Waals surface area contributed by atoms with Crippen molar-refractivity contribution in [3.05, 3.63) is 85.0 Å². The summed E-state index contributed by atoms with van der Waals surface area (Å²) in [6, 6.07) is 7.37. The molecule has 0 N–H and O–H groups in total. The molecule has 3 amide bonds. The second-order valence-electron chi connectivity index (χ2n) is 16.6. The van der Waals surface area contributed by atoms with Crippen LogP contribution in [0.15, 0.2) is 46.6 Å². The second-order valence-corrected chi connectivity index (χ2v) is 18.2. The van der Waals surface area contributed by atoms with Crippen molar-refractivity contribution in [2.45, 2.75) is 116 Å². The topological polar surface area (TPSA) is 115 Å². The van der Waals surface area contributed by atoms with Gasteiger partial charge in [0.15, 0.2) is 5.75 Å². The number of aromatic nitrogens is 1. The summed E-state index contributed by atoms with van der Waals surface area (Å²) < 4.78 is 23.8. The number of nitrogens with zero attached hydrogens (tertiary/aromatic N) is 4. The highest BCUT2D eigenvalue weighted by Crippen LogP contribution is 2.42. The van der Waals surface area contributed by atoms with Crippen molar-refractivity contribution in [1.82, 2.24) is 19.7 Å². The van der Waals surface area contributed by atoms with E-state index in [1.807, 2.05) is 13.0 Å². The first-order valence-electron chi connectivity index (χ1n) is 18.8. The molecule has 3 heterocycles. The Kier molecular flexibility index (Phi) is 12.5. The Morgan fingerprint density at radius 2 is 1.59 bits per heavy atom. The van der Waals surface area contributed by atoms with Gasteiger partial charge in [-0.2, -0.15) is 0 Å². The lowest BCUT2D eigenvalue weighted by Gasteiger charge is -2.50. The number of aryl methyl sites for hydroxylation is 2. The van der Waals surface area contributed by atoms with Crippen LogP contribution in [0.25, 0.3) is 5.57 Å². The van der Waals surface area contributed by atoms with Crippen LogP contribution in [0.1, 0.15) is 89.9 Å². The molecule has 2 aliphatic heterocycles. The van der Waals surface area contributed by atoms with Gasteiger partial charge in [0.1, 0.15) is 17.5 Å². The molecule has 302 valence electrons. The quantitative estimate of drug-likeness (QED) is 0.185. The number of carbonyl (C=O) groups is 3. The SMILES string of the molecule is Cc1cc(Cl)c(OCCCc2coc(C3=C(C(=O)N(Cc4cccc(Cl)c4Cl)C4CC4)[C@H]4CN(C(=O)OC(C)(C)C)CC(C3)N4C(=O)OC(C)(C)C)n2)c(Cl)c1. The van der Waals surface area contributed by atoms with Gasteiger partial charge in [-0.15, -0.1) is 0 Å². The van der Waals surface area contributed by atoms with E-state index < -0.39 is 35.5 Å². The Morgan fingerprint density at radius 3 is 2.23 bits per heavy atom. The van der Waals surface area contributed by atoms with Crippen LogP contribution in [0.5, 0.6) is 5.75 Å². The summed E-state index contributed by atoms with van der Waals surface area (Å²) in [5, 5.41) is 1.62. The molecule has 56 heavy (non-hydrogen) atoms. The maximum absolute atomic E-state index is 15.2. The molecule has 1 saturated heterocycles. The normalized spacial score (nSPS) is 18.6. The lowest BCUT2D eigenvalue weighted by atomic mass is 9.84. The molecule has 1 unspecified atom stereocenters. The minimum Gasteiger partial charge on any atom is -0.490 e. The molecule has 3 aliphatic rings. The van der Waals surface area contributed by atoms with Crippen LogP contribution < -0.4 is 4.74 Å². The van der Waals surface area contributed by atoms with Gasteiger partial charge in [-0.1, -0.05) is 58.5 Å². The molecule has 6 rings (SSSR count). The van der Waals surface area contributed by atoms with Crippen LogP contribution in [0, 0.1) is 6.92 Å². The monoisotopic (exact) mass is 848 g/mol. The Bertz CT molecular complexity index is 1990. The standard InChI is InChI=1S/C41H48Cl4N4O7/c1-23-16-30(43)35(31(44)17-23)53-15-9-11-25-22-54-36(46-25)28-18-27-20-47(38(51)55-40(2,3)4)21-32(49(27)39(52)56-41(5,6)7)33(28)37(50)48(26-13-14-26)19-24-10-8-12-29(42)34(24)45/h8,10,12,16-17,22,26-27,32H,9,11,13-15,18-21H2,1-7H3/t27?,32-/m1/s1. The number of benzene rings is 2. The Balaban J connectivity index is 1.37. The molecule has 3 aromatic rings. The van der Waals surface area contributed by atoms with Crippen molar-refractivity contribution < 1.29 is 33.0 Å². The number of piperazine rings is 1. The predicted molar refractivity (Wildman–Crippen MR) is 217 cm³/mol. The minimum atomic E-state index is -0.906. The number of carbonyl (C=O) groups excluding carboxylic acids is 3. The van der Waals surface area contributed by atoms with Gasteiger partial charge in [-0.05, 0) is 103 Å². The molecule has 1 aromatic heterocycles. The molecule has 2 atom stereocenters. The zero-order chi connectivity index (χ0) is 40.7. The molecule has 11 nitrogen and oxygen atoms in total. The number of hydrogen-bond acceptors (Lipinski definition) is 8. The molecule has 1 aliphatic carbocycles. The lowest BCUT2D eigenvalue weighted by molar-refractivity contribution is -0.129. The van der Waals surface area contributed by atoms with Crippen LogP contribution in [-0.4, -0.2) is 86.8 Å². The van der Waals surface area contributed by atoms with Crippen molar-refractivity contribution in [2.75, 3.05) is 19.7 Å². The van der Waals surface area contributed by atoms with Crippen LogP contribution in [-0.2, 0) is 27.2 Å². The average molecular weight is 851 g/mol. The predicted octanol–water partition coefficient (Wildman–Crippen LogP) is 10.2. The summed E-state index contributed by atoms with van der Waals surface area (Å²) in [4.78, 5) is 52.7. The van der Waals surface area contributed by atoms with Crippen molar-refractivity contribution in [3.8, 4) is 5.75 Å². The summed E-state index contributed by atoms with van der Waals surface area (Å²) in [6.45, 7) is 13.3. The second kappa shape index (κ2) is 16.7. The summed E-state index contributed by atoms with van der Waals surface area (Å²) in [5.41, 5.74) is 1.57. The first kappa shape index (κ1) is 42.0. The van der Waals surface area contributed by atoms with E-state index in [9.17, 15) is 9.59 Å². The van der Waals surface area contributed by atoms with Gasteiger partial charge in [0.25, 0.3) is 5.91 Å². The first-order chi connectivity index (χ1) is 26.3. The van der Waals surface area contributed by atoms with E-state index in [0.717, 1.165) is 18.4 Å². The van der Waals surface area contributed by atoms with Gasteiger partial charge < -0.3 is 28.4 Å². The Morgan fingerprint density at radius 1 is 0.929 bits per heavy atom. The van der Waals surface area contributed by atoms with E-state index in [2.05, 4.69) is 0 Å². The van der Waals surface area contributed by atoms with Gasteiger partial charge in [0.05, 0.1) is 50.0 Å². The van der Waals surface area contributed by atoms with Crippen LogP contribution in [0.3, 0.4) is 0 Å². The number of oxazole rings is 1. The highest BCUT2D eigenvalue weighted by molar-refractivity contribution is 6.42. The number of amides is 3. The van der Waals surface area contributed by atoms with E-state index in [-0.39, 0.29) is 43.9 Å². The highest BCUT2D eigenvalue weighted by Gasteiger charge is 2.51. The lowest BCUT2D eigenvalue weighted by Crippen LogP contribution is -2.66. The largest absolute Gasteiger partial charge is 0.490 e. The zero-order valence-electron chi connectivity index (χ0n) is 32.7. The zero-order valence-corrected chi connectivity index (χ0v) is 35.7. The van der Waals surface area contributed by atoms with Crippen LogP contribution >= 0.6 is 46.4 Å². The number of rotatable bonds is 10. The number of fused-ring (bicyclic) bond motifs is 2. The smallest absolute Gasteiger partial charge is 0.411 e.